The average Bonchev–Trinajstić information content (AvgIpc) is 3.08. The minimum absolute atomic E-state index is 0.169. The second kappa shape index (κ2) is 9.50. The van der Waals surface area contributed by atoms with Crippen LogP contribution >= 0.6 is 15.9 Å². The van der Waals surface area contributed by atoms with Crippen LogP contribution in [0.5, 0.6) is 0 Å². The molecular formula is C20H23BrFN5. The molecule has 0 unspecified atom stereocenters. The van der Waals surface area contributed by atoms with Crippen LogP contribution in [0.2, 0.25) is 0 Å². The van der Waals surface area contributed by atoms with Crippen LogP contribution in [0.4, 0.5) is 4.39 Å². The van der Waals surface area contributed by atoms with Crippen molar-refractivity contribution in [3.05, 3.63) is 64.1 Å². The summed E-state index contributed by atoms with van der Waals surface area (Å²) in [5, 5.41) is 6.54. The molecule has 0 bridgehead atoms. The summed E-state index contributed by atoms with van der Waals surface area (Å²) in [6.07, 6.45) is 2.28. The van der Waals surface area contributed by atoms with E-state index in [0.717, 1.165) is 58.8 Å². The zero-order chi connectivity index (χ0) is 19.1. The number of aromatic amines is 1. The fourth-order valence-electron chi connectivity index (χ4n) is 2.85. The van der Waals surface area contributed by atoms with E-state index in [1.165, 1.54) is 6.07 Å². The fourth-order valence-corrected chi connectivity index (χ4v) is 3.19. The third-order valence-corrected chi connectivity index (χ3v) is 4.74. The standard InChI is InChI=1S/C20H23BrFN5/c1-23-20(24-11-4-5-14-8-9-15(21)13-16(14)22)25-12-10-19-26-17-6-2-3-7-18(17)27-19/h2-3,6-9,13H,4-5,10-12H2,1H3,(H,26,27)(H2,23,24,25). The van der Waals surface area contributed by atoms with Crippen LogP contribution < -0.4 is 10.6 Å². The molecule has 1 heterocycles. The third-order valence-electron chi connectivity index (χ3n) is 4.25. The minimum atomic E-state index is -0.169. The van der Waals surface area contributed by atoms with E-state index in [1.54, 1.807) is 7.05 Å². The number of para-hydroxylation sites is 2. The molecule has 27 heavy (non-hydrogen) atoms. The monoisotopic (exact) mass is 431 g/mol. The number of nitrogens with one attached hydrogen (secondary N) is 3. The van der Waals surface area contributed by atoms with Crippen LogP contribution in [0.3, 0.4) is 0 Å². The molecule has 0 aliphatic heterocycles. The molecule has 0 saturated heterocycles. The number of aromatic nitrogens is 2. The quantitative estimate of drug-likeness (QED) is 0.302. The minimum Gasteiger partial charge on any atom is -0.356 e. The van der Waals surface area contributed by atoms with Gasteiger partial charge in [0.05, 0.1) is 11.0 Å². The zero-order valence-electron chi connectivity index (χ0n) is 15.2. The van der Waals surface area contributed by atoms with Crippen molar-refractivity contribution in [3.63, 3.8) is 0 Å². The van der Waals surface area contributed by atoms with Crippen LogP contribution in [0.15, 0.2) is 51.9 Å². The molecule has 2 aromatic carbocycles. The van der Waals surface area contributed by atoms with Crippen molar-refractivity contribution in [1.82, 2.24) is 20.6 Å². The van der Waals surface area contributed by atoms with Crippen LogP contribution in [0.1, 0.15) is 17.8 Å². The topological polar surface area (TPSA) is 65.1 Å². The molecule has 142 valence electrons. The van der Waals surface area contributed by atoms with E-state index < -0.39 is 0 Å². The number of imidazole rings is 1. The number of halogens is 2. The Balaban J connectivity index is 1.39. The highest BCUT2D eigenvalue weighted by Crippen LogP contribution is 2.16. The van der Waals surface area contributed by atoms with Gasteiger partial charge >= 0.3 is 0 Å². The van der Waals surface area contributed by atoms with Gasteiger partial charge < -0.3 is 15.6 Å². The van der Waals surface area contributed by atoms with Gasteiger partial charge in [0.25, 0.3) is 0 Å². The van der Waals surface area contributed by atoms with Crippen molar-refractivity contribution in [2.45, 2.75) is 19.3 Å². The van der Waals surface area contributed by atoms with Gasteiger partial charge in [-0.2, -0.15) is 0 Å². The first-order valence-corrected chi connectivity index (χ1v) is 9.77. The Morgan fingerprint density at radius 2 is 1.96 bits per heavy atom. The van der Waals surface area contributed by atoms with E-state index in [2.05, 4.69) is 41.5 Å². The summed E-state index contributed by atoms with van der Waals surface area (Å²) >= 11 is 3.27. The molecule has 3 aromatic rings. The maximum absolute atomic E-state index is 13.8. The number of hydrogen-bond acceptors (Lipinski definition) is 2. The second-order valence-electron chi connectivity index (χ2n) is 6.22. The van der Waals surface area contributed by atoms with Crippen molar-refractivity contribution >= 4 is 32.9 Å². The summed E-state index contributed by atoms with van der Waals surface area (Å²) in [7, 11) is 1.74. The number of rotatable bonds is 7. The molecule has 0 aliphatic rings. The van der Waals surface area contributed by atoms with E-state index in [9.17, 15) is 4.39 Å². The Morgan fingerprint density at radius 1 is 1.15 bits per heavy atom. The molecule has 0 saturated carbocycles. The smallest absolute Gasteiger partial charge is 0.190 e. The van der Waals surface area contributed by atoms with Gasteiger partial charge in [0.15, 0.2) is 5.96 Å². The first kappa shape index (κ1) is 19.4. The summed E-state index contributed by atoms with van der Waals surface area (Å²) < 4.78 is 14.6. The lowest BCUT2D eigenvalue weighted by molar-refractivity contribution is 0.602. The lowest BCUT2D eigenvalue weighted by atomic mass is 10.1. The summed E-state index contributed by atoms with van der Waals surface area (Å²) in [6, 6.07) is 13.2. The molecule has 0 spiro atoms. The van der Waals surface area contributed by atoms with Gasteiger partial charge in [0, 0.05) is 31.0 Å². The van der Waals surface area contributed by atoms with E-state index in [4.69, 9.17) is 0 Å². The van der Waals surface area contributed by atoms with Crippen LogP contribution in [-0.4, -0.2) is 36.1 Å². The molecule has 0 aliphatic carbocycles. The molecule has 7 heteroatoms. The van der Waals surface area contributed by atoms with Gasteiger partial charge in [-0.05, 0) is 42.7 Å². The number of aryl methyl sites for hydroxylation is 1. The molecule has 0 atom stereocenters. The van der Waals surface area contributed by atoms with Crippen molar-refractivity contribution in [1.29, 1.82) is 0 Å². The normalized spacial score (nSPS) is 11.7. The van der Waals surface area contributed by atoms with E-state index in [0.29, 0.717) is 6.42 Å². The predicted molar refractivity (Wildman–Crippen MR) is 112 cm³/mol. The zero-order valence-corrected chi connectivity index (χ0v) is 16.8. The van der Waals surface area contributed by atoms with Gasteiger partial charge in [-0.15, -0.1) is 0 Å². The lowest BCUT2D eigenvalue weighted by Gasteiger charge is -2.11. The van der Waals surface area contributed by atoms with Gasteiger partial charge in [0.2, 0.25) is 0 Å². The molecular weight excluding hydrogens is 409 g/mol. The Kier molecular flexibility index (Phi) is 6.81. The van der Waals surface area contributed by atoms with Crippen LogP contribution in [0, 0.1) is 5.82 Å². The first-order valence-electron chi connectivity index (χ1n) is 8.98. The molecule has 0 radical (unpaired) electrons. The molecule has 0 fully saturated rings. The van der Waals surface area contributed by atoms with Gasteiger partial charge in [0.1, 0.15) is 11.6 Å². The number of aliphatic imine (C=N–C) groups is 1. The molecule has 5 nitrogen and oxygen atoms in total. The lowest BCUT2D eigenvalue weighted by Crippen LogP contribution is -2.38. The predicted octanol–water partition coefficient (Wildman–Crippen LogP) is 3.80. The van der Waals surface area contributed by atoms with E-state index in [1.807, 2.05) is 36.4 Å². The van der Waals surface area contributed by atoms with Crippen molar-refractivity contribution < 1.29 is 4.39 Å². The number of H-pyrrole nitrogens is 1. The third kappa shape index (κ3) is 5.53. The van der Waals surface area contributed by atoms with Crippen molar-refractivity contribution in [2.75, 3.05) is 20.1 Å². The number of nitrogens with zero attached hydrogens (tertiary/aromatic N) is 2. The van der Waals surface area contributed by atoms with Crippen LogP contribution in [-0.2, 0) is 12.8 Å². The highest BCUT2D eigenvalue weighted by atomic mass is 79.9. The first-order chi connectivity index (χ1) is 13.2. The van der Waals surface area contributed by atoms with Gasteiger partial charge in [-0.1, -0.05) is 34.1 Å². The van der Waals surface area contributed by atoms with Gasteiger partial charge in [-0.25, -0.2) is 9.37 Å². The van der Waals surface area contributed by atoms with Crippen LogP contribution in [0.25, 0.3) is 11.0 Å². The summed E-state index contributed by atoms with van der Waals surface area (Å²) in [6.45, 7) is 1.45. The number of fused-ring (bicyclic) bond motifs is 1. The second-order valence-corrected chi connectivity index (χ2v) is 7.13. The van der Waals surface area contributed by atoms with Crippen molar-refractivity contribution in [3.8, 4) is 0 Å². The molecule has 1 aromatic heterocycles. The van der Waals surface area contributed by atoms with E-state index >= 15 is 0 Å². The largest absolute Gasteiger partial charge is 0.356 e. The SMILES string of the molecule is CN=C(NCCCc1ccc(Br)cc1F)NCCc1nc2ccccc2[nH]1. The number of benzene rings is 2. The van der Waals surface area contributed by atoms with Gasteiger partial charge in [-0.3, -0.25) is 4.99 Å². The number of hydrogen-bond donors (Lipinski definition) is 3. The fraction of sp³-hybridized carbons (Fsp3) is 0.300. The Hall–Kier alpha value is -2.41. The summed E-state index contributed by atoms with van der Waals surface area (Å²) in [5.74, 6) is 1.52. The average molecular weight is 432 g/mol. The Labute approximate surface area is 166 Å². The maximum Gasteiger partial charge on any atom is 0.190 e. The van der Waals surface area contributed by atoms with E-state index in [-0.39, 0.29) is 5.82 Å². The maximum atomic E-state index is 13.8. The summed E-state index contributed by atoms with van der Waals surface area (Å²) in [5.41, 5.74) is 2.76. The highest BCUT2D eigenvalue weighted by molar-refractivity contribution is 9.10. The molecule has 3 rings (SSSR count). The molecule has 0 amide bonds. The highest BCUT2D eigenvalue weighted by Gasteiger charge is 2.04. The Morgan fingerprint density at radius 3 is 2.74 bits per heavy atom. The van der Waals surface area contributed by atoms with Crippen molar-refractivity contribution in [2.24, 2.45) is 4.99 Å². The summed E-state index contributed by atoms with van der Waals surface area (Å²) in [4.78, 5) is 12.1. The number of guanidine groups is 1. The molecule has 3 N–H and O–H groups in total. The Bertz CT molecular complexity index is 889.